The Hall–Kier alpha value is -0.290. The third kappa shape index (κ3) is 3.43. The lowest BCUT2D eigenvalue weighted by molar-refractivity contribution is -0.172. The second kappa shape index (κ2) is 6.00. The Morgan fingerprint density at radius 3 is 2.53 bits per heavy atom. The van der Waals surface area contributed by atoms with E-state index in [-0.39, 0.29) is 6.42 Å². The zero-order valence-electron chi connectivity index (χ0n) is 11.6. The highest BCUT2D eigenvalue weighted by Gasteiger charge is 2.58. The molecule has 0 radical (unpaired) electrons. The molecule has 19 heavy (non-hydrogen) atoms. The monoisotopic (exact) mass is 279 g/mol. The average Bonchev–Trinajstić information content (AvgIpc) is 2.22. The first-order valence-electron chi connectivity index (χ1n) is 7.40. The summed E-state index contributed by atoms with van der Waals surface area (Å²) >= 11 is 0. The molecule has 1 spiro atoms. The molecule has 112 valence electrons. The van der Waals surface area contributed by atoms with E-state index < -0.39 is 12.6 Å². The lowest BCUT2D eigenvalue weighted by Gasteiger charge is -2.61. The van der Waals surface area contributed by atoms with Gasteiger partial charge in [-0.2, -0.15) is 13.2 Å². The molecule has 0 aromatic heterocycles. The Morgan fingerprint density at radius 1 is 1.26 bits per heavy atom. The van der Waals surface area contributed by atoms with E-state index in [2.05, 4.69) is 5.32 Å². The van der Waals surface area contributed by atoms with Crippen molar-refractivity contribution in [2.75, 3.05) is 13.2 Å². The standard InChI is InChI=1S/C14H24F3NO/c1-2-19-12-10-11(13(12)6-5-7-13)18-9-4-3-8-14(15,16)17/h11-12,18H,2-10H2,1H3. The van der Waals surface area contributed by atoms with E-state index in [1.54, 1.807) is 0 Å². The van der Waals surface area contributed by atoms with Crippen molar-refractivity contribution in [1.29, 1.82) is 0 Å². The maximum absolute atomic E-state index is 12.0. The van der Waals surface area contributed by atoms with E-state index in [1.165, 1.54) is 19.3 Å². The normalized spacial score (nSPS) is 29.1. The van der Waals surface area contributed by atoms with E-state index in [0.29, 0.717) is 30.5 Å². The lowest BCUT2D eigenvalue weighted by Crippen LogP contribution is -2.66. The van der Waals surface area contributed by atoms with Crippen LogP contribution in [-0.4, -0.2) is 31.5 Å². The Labute approximate surface area is 113 Å². The minimum absolute atomic E-state index is 0.227. The van der Waals surface area contributed by atoms with Crippen molar-refractivity contribution in [2.24, 2.45) is 5.41 Å². The summed E-state index contributed by atoms with van der Waals surface area (Å²) in [7, 11) is 0. The van der Waals surface area contributed by atoms with Gasteiger partial charge in [0.2, 0.25) is 0 Å². The van der Waals surface area contributed by atoms with Gasteiger partial charge in [0.15, 0.2) is 0 Å². The molecule has 0 heterocycles. The van der Waals surface area contributed by atoms with E-state index in [0.717, 1.165) is 13.0 Å². The van der Waals surface area contributed by atoms with Crippen LogP contribution in [0, 0.1) is 5.41 Å². The van der Waals surface area contributed by atoms with Crippen LogP contribution in [0.25, 0.3) is 0 Å². The predicted molar refractivity (Wildman–Crippen MR) is 68.0 cm³/mol. The quantitative estimate of drug-likeness (QED) is 0.718. The number of rotatable bonds is 7. The van der Waals surface area contributed by atoms with Gasteiger partial charge in [-0.25, -0.2) is 0 Å². The maximum Gasteiger partial charge on any atom is 0.389 e. The zero-order valence-corrected chi connectivity index (χ0v) is 11.6. The number of nitrogens with one attached hydrogen (secondary N) is 1. The molecule has 2 unspecified atom stereocenters. The van der Waals surface area contributed by atoms with Gasteiger partial charge in [0.1, 0.15) is 0 Å². The topological polar surface area (TPSA) is 21.3 Å². The fraction of sp³-hybridized carbons (Fsp3) is 1.00. The summed E-state index contributed by atoms with van der Waals surface area (Å²) in [6, 6.07) is 0.462. The Morgan fingerprint density at radius 2 is 2.00 bits per heavy atom. The van der Waals surface area contributed by atoms with Gasteiger partial charge in [-0.3, -0.25) is 0 Å². The minimum Gasteiger partial charge on any atom is -0.378 e. The van der Waals surface area contributed by atoms with Crippen LogP contribution in [-0.2, 0) is 4.74 Å². The number of hydrogen-bond acceptors (Lipinski definition) is 2. The number of ether oxygens (including phenoxy) is 1. The summed E-state index contributed by atoms with van der Waals surface area (Å²) in [5.41, 5.74) is 0.306. The first-order valence-corrected chi connectivity index (χ1v) is 7.40. The van der Waals surface area contributed by atoms with Crippen molar-refractivity contribution >= 4 is 0 Å². The van der Waals surface area contributed by atoms with Crippen LogP contribution in [0.15, 0.2) is 0 Å². The molecule has 0 aliphatic heterocycles. The van der Waals surface area contributed by atoms with E-state index in [9.17, 15) is 13.2 Å². The fourth-order valence-electron chi connectivity index (χ4n) is 3.45. The van der Waals surface area contributed by atoms with Crippen LogP contribution in [0.5, 0.6) is 0 Å². The molecule has 2 aliphatic rings. The molecule has 0 aromatic carbocycles. The molecule has 2 rings (SSSR count). The van der Waals surface area contributed by atoms with Gasteiger partial charge in [0, 0.05) is 24.5 Å². The fourth-order valence-corrected chi connectivity index (χ4v) is 3.45. The molecule has 0 saturated heterocycles. The number of unbranched alkanes of at least 4 members (excludes halogenated alkanes) is 1. The summed E-state index contributed by atoms with van der Waals surface area (Å²) < 4.78 is 41.8. The summed E-state index contributed by atoms with van der Waals surface area (Å²) in [6.07, 6.45) is 1.23. The Balaban J connectivity index is 1.62. The Bertz CT molecular complexity index is 289. The SMILES string of the molecule is CCOC1CC(NCCCCC(F)(F)F)C12CCC2. The van der Waals surface area contributed by atoms with Gasteiger partial charge in [0.25, 0.3) is 0 Å². The molecule has 0 bridgehead atoms. The summed E-state index contributed by atoms with van der Waals surface area (Å²) in [5, 5.41) is 3.44. The van der Waals surface area contributed by atoms with E-state index in [1.807, 2.05) is 6.92 Å². The second-order valence-corrected chi connectivity index (χ2v) is 5.85. The van der Waals surface area contributed by atoms with Crippen molar-refractivity contribution in [2.45, 2.75) is 70.2 Å². The van der Waals surface area contributed by atoms with Crippen LogP contribution in [0.4, 0.5) is 13.2 Å². The molecule has 2 fully saturated rings. The molecule has 1 N–H and O–H groups in total. The van der Waals surface area contributed by atoms with Crippen LogP contribution in [0.2, 0.25) is 0 Å². The molecule has 0 amide bonds. The average molecular weight is 279 g/mol. The van der Waals surface area contributed by atoms with E-state index in [4.69, 9.17) is 4.74 Å². The molecule has 5 heteroatoms. The van der Waals surface area contributed by atoms with Gasteiger partial charge in [-0.1, -0.05) is 6.42 Å². The molecule has 2 aliphatic carbocycles. The molecule has 2 nitrogen and oxygen atoms in total. The third-order valence-electron chi connectivity index (χ3n) is 4.72. The molecule has 2 atom stereocenters. The number of alkyl halides is 3. The first-order chi connectivity index (χ1) is 8.98. The van der Waals surface area contributed by atoms with Crippen molar-refractivity contribution in [3.63, 3.8) is 0 Å². The van der Waals surface area contributed by atoms with E-state index >= 15 is 0 Å². The summed E-state index contributed by atoms with van der Waals surface area (Å²) in [5.74, 6) is 0. The van der Waals surface area contributed by atoms with Gasteiger partial charge in [-0.15, -0.1) is 0 Å². The lowest BCUT2D eigenvalue weighted by atomic mass is 9.51. The highest BCUT2D eigenvalue weighted by atomic mass is 19.4. The van der Waals surface area contributed by atoms with Gasteiger partial charge >= 0.3 is 6.18 Å². The third-order valence-corrected chi connectivity index (χ3v) is 4.72. The van der Waals surface area contributed by atoms with Gasteiger partial charge in [-0.05, 0) is 45.6 Å². The summed E-state index contributed by atoms with van der Waals surface area (Å²) in [6.45, 7) is 3.47. The second-order valence-electron chi connectivity index (χ2n) is 5.85. The van der Waals surface area contributed by atoms with Crippen molar-refractivity contribution in [3.05, 3.63) is 0 Å². The number of halogens is 3. The van der Waals surface area contributed by atoms with Crippen LogP contribution >= 0.6 is 0 Å². The predicted octanol–water partition coefficient (Wildman–Crippen LogP) is 3.66. The van der Waals surface area contributed by atoms with Crippen LogP contribution < -0.4 is 5.32 Å². The van der Waals surface area contributed by atoms with Crippen molar-refractivity contribution < 1.29 is 17.9 Å². The summed E-state index contributed by atoms with van der Waals surface area (Å²) in [4.78, 5) is 0. The smallest absolute Gasteiger partial charge is 0.378 e. The minimum atomic E-state index is -4.01. The number of hydrogen-bond donors (Lipinski definition) is 1. The largest absolute Gasteiger partial charge is 0.389 e. The molecular formula is C14H24F3NO. The molecular weight excluding hydrogens is 255 g/mol. The van der Waals surface area contributed by atoms with Crippen molar-refractivity contribution in [1.82, 2.24) is 5.32 Å². The highest BCUT2D eigenvalue weighted by molar-refractivity contribution is 5.12. The molecule has 0 aromatic rings. The highest BCUT2D eigenvalue weighted by Crippen LogP contribution is 2.57. The van der Waals surface area contributed by atoms with Crippen LogP contribution in [0.1, 0.15) is 51.9 Å². The Kier molecular flexibility index (Phi) is 4.77. The van der Waals surface area contributed by atoms with Gasteiger partial charge in [0.05, 0.1) is 6.10 Å². The first kappa shape index (κ1) is 15.1. The maximum atomic E-state index is 12.0. The van der Waals surface area contributed by atoms with Crippen molar-refractivity contribution in [3.8, 4) is 0 Å². The molecule has 2 saturated carbocycles. The van der Waals surface area contributed by atoms with Crippen LogP contribution in [0.3, 0.4) is 0 Å². The van der Waals surface area contributed by atoms with Gasteiger partial charge < -0.3 is 10.1 Å². The zero-order chi connectivity index (χ0) is 13.9.